The molecule has 0 saturated carbocycles. The summed E-state index contributed by atoms with van der Waals surface area (Å²) >= 11 is 1.11. The van der Waals surface area contributed by atoms with Gasteiger partial charge >= 0.3 is 0 Å². The highest BCUT2D eigenvalue weighted by atomic mass is 32.1. The van der Waals surface area contributed by atoms with Crippen LogP contribution in [0, 0.1) is 10.1 Å². The van der Waals surface area contributed by atoms with Crippen LogP contribution in [0.5, 0.6) is 0 Å². The van der Waals surface area contributed by atoms with Crippen LogP contribution in [0.25, 0.3) is 10.6 Å². The van der Waals surface area contributed by atoms with Crippen LogP contribution >= 0.6 is 11.5 Å². The number of nitrogen functional groups attached to an aromatic ring is 1. The van der Waals surface area contributed by atoms with Gasteiger partial charge in [-0.1, -0.05) is 12.1 Å². The standard InChI is InChI=1S/C8H6N4O2S/c9-8-10-7(15-11-8)5-2-1-3-6(4-5)12(13)14/h1-4H,(H2,9,11). The van der Waals surface area contributed by atoms with E-state index in [2.05, 4.69) is 9.36 Å². The number of benzene rings is 1. The minimum Gasteiger partial charge on any atom is -0.367 e. The molecule has 0 fully saturated rings. The van der Waals surface area contributed by atoms with Gasteiger partial charge in [0.1, 0.15) is 5.01 Å². The van der Waals surface area contributed by atoms with Crippen molar-refractivity contribution in [2.45, 2.75) is 0 Å². The van der Waals surface area contributed by atoms with Crippen molar-refractivity contribution in [2.24, 2.45) is 0 Å². The Labute approximate surface area is 88.7 Å². The molecule has 0 atom stereocenters. The summed E-state index contributed by atoms with van der Waals surface area (Å²) in [4.78, 5) is 14.0. The second-order valence-corrected chi connectivity index (χ2v) is 3.52. The van der Waals surface area contributed by atoms with Gasteiger partial charge in [-0.3, -0.25) is 10.1 Å². The molecule has 0 saturated heterocycles. The lowest BCUT2D eigenvalue weighted by Crippen LogP contribution is -1.88. The zero-order valence-electron chi connectivity index (χ0n) is 7.45. The van der Waals surface area contributed by atoms with Gasteiger partial charge in [0.05, 0.1) is 4.92 Å². The summed E-state index contributed by atoms with van der Waals surface area (Å²) in [7, 11) is 0. The number of nitrogens with zero attached hydrogens (tertiary/aromatic N) is 3. The first-order valence-corrected chi connectivity index (χ1v) is 4.78. The summed E-state index contributed by atoms with van der Waals surface area (Å²) < 4.78 is 3.81. The third-order valence-corrected chi connectivity index (χ3v) is 2.52. The number of nitro benzene ring substituents is 1. The fraction of sp³-hybridized carbons (Fsp3) is 0. The number of anilines is 1. The van der Waals surface area contributed by atoms with Gasteiger partial charge in [-0.2, -0.15) is 9.36 Å². The third kappa shape index (κ3) is 1.91. The molecule has 1 aromatic carbocycles. The maximum Gasteiger partial charge on any atom is 0.270 e. The molecule has 15 heavy (non-hydrogen) atoms. The predicted octanol–water partition coefficient (Wildman–Crippen LogP) is 1.70. The van der Waals surface area contributed by atoms with Crippen molar-refractivity contribution in [2.75, 3.05) is 5.73 Å². The first kappa shape index (κ1) is 9.53. The number of hydrogen-bond acceptors (Lipinski definition) is 6. The van der Waals surface area contributed by atoms with E-state index in [0.717, 1.165) is 11.5 Å². The Morgan fingerprint density at radius 3 is 2.87 bits per heavy atom. The Bertz CT molecular complexity index is 511. The number of rotatable bonds is 2. The molecule has 0 amide bonds. The molecule has 0 unspecified atom stereocenters. The van der Waals surface area contributed by atoms with Crippen LogP contribution in [0.4, 0.5) is 11.6 Å². The highest BCUT2D eigenvalue weighted by molar-refractivity contribution is 7.09. The molecule has 7 heteroatoms. The van der Waals surface area contributed by atoms with Crippen LogP contribution in [0.1, 0.15) is 0 Å². The van der Waals surface area contributed by atoms with E-state index in [-0.39, 0.29) is 11.6 Å². The van der Waals surface area contributed by atoms with Gasteiger partial charge in [-0.25, -0.2) is 0 Å². The van der Waals surface area contributed by atoms with E-state index in [1.54, 1.807) is 12.1 Å². The summed E-state index contributed by atoms with van der Waals surface area (Å²) in [6.07, 6.45) is 0. The van der Waals surface area contributed by atoms with E-state index in [1.165, 1.54) is 12.1 Å². The summed E-state index contributed by atoms with van der Waals surface area (Å²) in [5, 5.41) is 11.1. The molecule has 0 spiro atoms. The highest BCUT2D eigenvalue weighted by Gasteiger charge is 2.09. The molecule has 2 aromatic rings. The third-order valence-electron chi connectivity index (χ3n) is 1.75. The Morgan fingerprint density at radius 1 is 1.47 bits per heavy atom. The SMILES string of the molecule is Nc1nsc(-c2cccc([N+](=O)[O-])c2)n1. The second-order valence-electron chi connectivity index (χ2n) is 2.77. The van der Waals surface area contributed by atoms with Crippen LogP contribution < -0.4 is 5.73 Å². The van der Waals surface area contributed by atoms with Gasteiger partial charge in [-0.15, -0.1) is 0 Å². The molecule has 2 N–H and O–H groups in total. The Morgan fingerprint density at radius 2 is 2.27 bits per heavy atom. The van der Waals surface area contributed by atoms with E-state index in [9.17, 15) is 10.1 Å². The Balaban J connectivity index is 2.45. The monoisotopic (exact) mass is 222 g/mol. The molecular formula is C8H6N4O2S. The molecule has 0 bridgehead atoms. The van der Waals surface area contributed by atoms with Gasteiger partial charge in [-0.05, 0) is 11.5 Å². The van der Waals surface area contributed by atoms with E-state index in [1.807, 2.05) is 0 Å². The van der Waals surface area contributed by atoms with E-state index in [0.29, 0.717) is 10.6 Å². The van der Waals surface area contributed by atoms with Crippen LogP contribution in [0.2, 0.25) is 0 Å². The van der Waals surface area contributed by atoms with Crippen molar-refractivity contribution in [3.05, 3.63) is 34.4 Å². The zero-order chi connectivity index (χ0) is 10.8. The van der Waals surface area contributed by atoms with Crippen molar-refractivity contribution in [1.29, 1.82) is 0 Å². The number of non-ortho nitro benzene ring substituents is 1. The lowest BCUT2D eigenvalue weighted by Gasteiger charge is -1.94. The average molecular weight is 222 g/mol. The van der Waals surface area contributed by atoms with E-state index >= 15 is 0 Å². The largest absolute Gasteiger partial charge is 0.367 e. The first-order chi connectivity index (χ1) is 7.16. The van der Waals surface area contributed by atoms with Crippen LogP contribution in [-0.2, 0) is 0 Å². The van der Waals surface area contributed by atoms with Gasteiger partial charge in [0.2, 0.25) is 5.95 Å². The second kappa shape index (κ2) is 3.62. The lowest BCUT2D eigenvalue weighted by atomic mass is 10.2. The van der Waals surface area contributed by atoms with Crippen LogP contribution in [0.15, 0.2) is 24.3 Å². The van der Waals surface area contributed by atoms with Gasteiger partial charge < -0.3 is 5.73 Å². The van der Waals surface area contributed by atoms with Gasteiger partial charge in [0, 0.05) is 17.7 Å². The summed E-state index contributed by atoms with van der Waals surface area (Å²) in [6.45, 7) is 0. The van der Waals surface area contributed by atoms with E-state index in [4.69, 9.17) is 5.73 Å². The van der Waals surface area contributed by atoms with Crippen LogP contribution in [-0.4, -0.2) is 14.3 Å². The lowest BCUT2D eigenvalue weighted by molar-refractivity contribution is -0.384. The Kier molecular flexibility index (Phi) is 2.30. The average Bonchev–Trinajstić information content (AvgIpc) is 2.65. The van der Waals surface area contributed by atoms with Gasteiger partial charge in [0.25, 0.3) is 5.69 Å². The van der Waals surface area contributed by atoms with Crippen molar-refractivity contribution in [1.82, 2.24) is 9.36 Å². The highest BCUT2D eigenvalue weighted by Crippen LogP contribution is 2.25. The molecular weight excluding hydrogens is 216 g/mol. The van der Waals surface area contributed by atoms with E-state index < -0.39 is 4.92 Å². The van der Waals surface area contributed by atoms with Crippen molar-refractivity contribution < 1.29 is 4.92 Å². The number of aromatic nitrogens is 2. The molecule has 0 aliphatic heterocycles. The molecule has 2 rings (SSSR count). The molecule has 0 radical (unpaired) electrons. The number of nitrogens with two attached hydrogens (primary N) is 1. The van der Waals surface area contributed by atoms with Crippen molar-refractivity contribution >= 4 is 23.2 Å². The fourth-order valence-corrected chi connectivity index (χ4v) is 1.69. The zero-order valence-corrected chi connectivity index (χ0v) is 8.27. The predicted molar refractivity (Wildman–Crippen MR) is 56.4 cm³/mol. The molecule has 1 heterocycles. The maximum atomic E-state index is 10.5. The molecule has 1 aromatic heterocycles. The quantitative estimate of drug-likeness (QED) is 0.616. The molecule has 0 aliphatic rings. The Hall–Kier alpha value is -2.02. The van der Waals surface area contributed by atoms with Gasteiger partial charge in [0.15, 0.2) is 0 Å². The molecule has 76 valence electrons. The first-order valence-electron chi connectivity index (χ1n) is 4.01. The minimum absolute atomic E-state index is 0.0290. The maximum absolute atomic E-state index is 10.5. The summed E-state index contributed by atoms with van der Waals surface area (Å²) in [5.41, 5.74) is 6.05. The minimum atomic E-state index is -0.451. The van der Waals surface area contributed by atoms with Crippen molar-refractivity contribution in [3.63, 3.8) is 0 Å². The number of hydrogen-bond donors (Lipinski definition) is 1. The normalized spacial score (nSPS) is 10.1. The van der Waals surface area contributed by atoms with Crippen LogP contribution in [0.3, 0.4) is 0 Å². The smallest absolute Gasteiger partial charge is 0.270 e. The summed E-state index contributed by atoms with van der Waals surface area (Å²) in [5.74, 6) is 0.182. The van der Waals surface area contributed by atoms with Crippen molar-refractivity contribution in [3.8, 4) is 10.6 Å². The summed E-state index contributed by atoms with van der Waals surface area (Å²) in [6, 6.07) is 6.20. The number of nitro groups is 1. The topological polar surface area (TPSA) is 94.9 Å². The molecule has 0 aliphatic carbocycles. The molecule has 6 nitrogen and oxygen atoms in total. The fourth-order valence-electron chi connectivity index (χ4n) is 1.10.